The average molecular weight is 207 g/mol. The molecule has 0 N–H and O–H groups in total. The summed E-state index contributed by atoms with van der Waals surface area (Å²) in [6.07, 6.45) is 5.76. The summed E-state index contributed by atoms with van der Waals surface area (Å²) in [7, 11) is 3.31. The van der Waals surface area contributed by atoms with Crippen molar-refractivity contribution >= 4 is 27.7 Å². The molecule has 0 heterocycles. The van der Waals surface area contributed by atoms with Crippen molar-refractivity contribution in [3.05, 3.63) is 58.3 Å². The second-order valence-corrected chi connectivity index (χ2v) is 4.17. The molecule has 0 aromatic heterocycles. The van der Waals surface area contributed by atoms with Crippen LogP contribution in [0.25, 0.3) is 11.6 Å². The summed E-state index contributed by atoms with van der Waals surface area (Å²) >= 11 is 0. The van der Waals surface area contributed by atoms with Gasteiger partial charge in [-0.05, 0) is 28.0 Å². The zero-order valence-electron chi connectivity index (χ0n) is 7.95. The summed E-state index contributed by atoms with van der Waals surface area (Å²) in [5.74, 6) is 0.0698. The molecule has 0 fully saturated rings. The van der Waals surface area contributed by atoms with Crippen molar-refractivity contribution in [3.63, 3.8) is 0 Å². The fraction of sp³-hybridized carbons (Fsp3) is 0. The second kappa shape index (κ2) is 2.91. The fourth-order valence-electron chi connectivity index (χ4n) is 2.00. The van der Waals surface area contributed by atoms with E-state index in [1.54, 1.807) is 0 Å². The van der Waals surface area contributed by atoms with Gasteiger partial charge in [0.15, 0.2) is 5.78 Å². The Morgan fingerprint density at radius 2 is 1.80 bits per heavy atom. The van der Waals surface area contributed by atoms with Gasteiger partial charge in [-0.15, -0.1) is 0 Å². The van der Waals surface area contributed by atoms with Crippen LogP contribution in [-0.4, -0.2) is 16.0 Å². The van der Waals surface area contributed by atoms with E-state index in [1.807, 2.05) is 42.5 Å². The topological polar surface area (TPSA) is 17.1 Å². The number of hydrogen-bond acceptors (Lipinski definition) is 1. The first kappa shape index (κ1) is 8.62. The second-order valence-electron chi connectivity index (χ2n) is 3.64. The highest BCUT2D eigenvalue weighted by Gasteiger charge is 2.26. The van der Waals surface area contributed by atoms with E-state index in [0.717, 1.165) is 22.3 Å². The molecule has 3 rings (SSSR count). The maximum absolute atomic E-state index is 11.8. The van der Waals surface area contributed by atoms with E-state index in [2.05, 4.69) is 10.2 Å². The Bertz CT molecular complexity index is 562. The van der Waals surface area contributed by atoms with Gasteiger partial charge in [0, 0.05) is 5.57 Å². The molecular weight excluding hydrogens is 200 g/mol. The van der Waals surface area contributed by atoms with Crippen molar-refractivity contribution < 1.29 is 4.79 Å². The first-order valence-corrected chi connectivity index (χ1v) is 5.27. The third-order valence-corrected chi connectivity index (χ3v) is 3.14. The molecule has 15 heavy (non-hydrogen) atoms. The SMILES string of the molecule is O=C1C([Si])=CC=C2C1=Cc1ccccc12. The van der Waals surface area contributed by atoms with Crippen molar-refractivity contribution in [2.45, 2.75) is 0 Å². The van der Waals surface area contributed by atoms with Crippen LogP contribution in [0.4, 0.5) is 0 Å². The first-order valence-electron chi connectivity index (χ1n) is 4.77. The number of ketones is 1. The quantitative estimate of drug-likeness (QED) is 0.595. The molecule has 0 amide bonds. The third kappa shape index (κ3) is 1.12. The highest BCUT2D eigenvalue weighted by atomic mass is 28.1. The number of fused-ring (bicyclic) bond motifs is 3. The smallest absolute Gasteiger partial charge is 0.184 e. The lowest BCUT2D eigenvalue weighted by Crippen LogP contribution is -2.08. The summed E-state index contributed by atoms with van der Waals surface area (Å²) in [5, 5.41) is 0.623. The largest absolute Gasteiger partial charge is 0.289 e. The van der Waals surface area contributed by atoms with Gasteiger partial charge in [0.05, 0.1) is 10.2 Å². The molecule has 2 heteroatoms. The summed E-state index contributed by atoms with van der Waals surface area (Å²) in [5.41, 5.74) is 4.11. The molecule has 0 saturated heterocycles. The Kier molecular flexibility index (Phi) is 1.67. The minimum atomic E-state index is 0.0698. The molecule has 0 aliphatic heterocycles. The lowest BCUT2D eigenvalue weighted by molar-refractivity contribution is -0.111. The van der Waals surface area contributed by atoms with Crippen molar-refractivity contribution in [1.29, 1.82) is 0 Å². The number of benzene rings is 1. The van der Waals surface area contributed by atoms with E-state index in [0.29, 0.717) is 5.20 Å². The molecule has 69 valence electrons. The molecule has 2 aliphatic rings. The molecule has 0 bridgehead atoms. The Morgan fingerprint density at radius 1 is 1.00 bits per heavy atom. The number of Topliss-reactive ketones (excluding diaryl/α,β-unsaturated/α-hetero) is 1. The van der Waals surface area contributed by atoms with Gasteiger partial charge in [0.2, 0.25) is 0 Å². The molecule has 0 spiro atoms. The van der Waals surface area contributed by atoms with Gasteiger partial charge in [-0.1, -0.05) is 36.4 Å². The van der Waals surface area contributed by atoms with E-state index < -0.39 is 0 Å². The highest BCUT2D eigenvalue weighted by Crippen LogP contribution is 2.38. The van der Waals surface area contributed by atoms with Crippen LogP contribution in [0.1, 0.15) is 11.1 Å². The van der Waals surface area contributed by atoms with Gasteiger partial charge >= 0.3 is 0 Å². The number of carbonyl (C=O) groups excluding carboxylic acids is 1. The minimum Gasteiger partial charge on any atom is -0.289 e. The van der Waals surface area contributed by atoms with Gasteiger partial charge in [-0.3, -0.25) is 4.79 Å². The minimum absolute atomic E-state index is 0.0698. The fourth-order valence-corrected chi connectivity index (χ4v) is 2.22. The highest BCUT2D eigenvalue weighted by molar-refractivity contribution is 6.44. The molecule has 1 aromatic carbocycles. The lowest BCUT2D eigenvalue weighted by atomic mass is 9.96. The molecule has 2 aliphatic carbocycles. The van der Waals surface area contributed by atoms with Gasteiger partial charge in [-0.2, -0.15) is 0 Å². The predicted molar refractivity (Wildman–Crippen MR) is 61.2 cm³/mol. The monoisotopic (exact) mass is 207 g/mol. The van der Waals surface area contributed by atoms with Crippen molar-refractivity contribution in [3.8, 4) is 0 Å². The standard InChI is InChI=1S/C13H7OSi/c14-13-11-7-8-3-1-2-4-9(8)10(11)5-6-12(13)15/h1-7H. The Balaban J connectivity index is 2.26. The maximum Gasteiger partial charge on any atom is 0.184 e. The van der Waals surface area contributed by atoms with Gasteiger partial charge in [0.25, 0.3) is 0 Å². The molecule has 3 radical (unpaired) electrons. The Labute approximate surface area is 91.2 Å². The molecule has 0 unspecified atom stereocenters. The van der Waals surface area contributed by atoms with Crippen LogP contribution in [0.15, 0.2) is 47.2 Å². The van der Waals surface area contributed by atoms with Crippen LogP contribution in [0, 0.1) is 0 Å². The molecular formula is C13H7OSi. The van der Waals surface area contributed by atoms with Crippen LogP contribution in [0.2, 0.25) is 0 Å². The van der Waals surface area contributed by atoms with E-state index in [4.69, 9.17) is 0 Å². The van der Waals surface area contributed by atoms with Crippen LogP contribution < -0.4 is 0 Å². The predicted octanol–water partition coefficient (Wildman–Crippen LogP) is 2.10. The van der Waals surface area contributed by atoms with E-state index in [-0.39, 0.29) is 5.78 Å². The van der Waals surface area contributed by atoms with E-state index >= 15 is 0 Å². The van der Waals surface area contributed by atoms with Crippen molar-refractivity contribution in [2.75, 3.05) is 0 Å². The van der Waals surface area contributed by atoms with E-state index in [1.165, 1.54) is 0 Å². The summed E-state index contributed by atoms with van der Waals surface area (Å²) in [6, 6.07) is 8.06. The Hall–Kier alpha value is -1.67. The first-order chi connectivity index (χ1) is 7.27. The number of carbonyl (C=O) groups is 1. The lowest BCUT2D eigenvalue weighted by Gasteiger charge is -2.10. The van der Waals surface area contributed by atoms with Crippen LogP contribution in [0.5, 0.6) is 0 Å². The number of allylic oxidation sites excluding steroid dienone is 5. The van der Waals surface area contributed by atoms with Crippen LogP contribution >= 0.6 is 0 Å². The molecule has 0 saturated carbocycles. The van der Waals surface area contributed by atoms with E-state index in [9.17, 15) is 4.79 Å². The normalized spacial score (nSPS) is 17.7. The van der Waals surface area contributed by atoms with Gasteiger partial charge < -0.3 is 0 Å². The van der Waals surface area contributed by atoms with Gasteiger partial charge in [0.1, 0.15) is 0 Å². The maximum atomic E-state index is 11.8. The summed E-state index contributed by atoms with van der Waals surface area (Å²) < 4.78 is 0. The van der Waals surface area contributed by atoms with Crippen molar-refractivity contribution in [1.82, 2.24) is 0 Å². The number of hydrogen-bond donors (Lipinski definition) is 0. The molecule has 0 atom stereocenters. The zero-order valence-corrected chi connectivity index (χ0v) is 8.95. The average Bonchev–Trinajstić information content (AvgIpc) is 2.63. The third-order valence-electron chi connectivity index (χ3n) is 2.75. The van der Waals surface area contributed by atoms with Crippen LogP contribution in [-0.2, 0) is 4.79 Å². The Morgan fingerprint density at radius 3 is 2.67 bits per heavy atom. The summed E-state index contributed by atoms with van der Waals surface area (Å²) in [6.45, 7) is 0. The van der Waals surface area contributed by atoms with Gasteiger partial charge in [-0.25, -0.2) is 0 Å². The number of rotatable bonds is 0. The zero-order chi connectivity index (χ0) is 10.4. The molecule has 1 nitrogen and oxygen atoms in total. The van der Waals surface area contributed by atoms with Crippen molar-refractivity contribution in [2.24, 2.45) is 0 Å². The molecule has 1 aromatic rings. The van der Waals surface area contributed by atoms with Crippen LogP contribution in [0.3, 0.4) is 0 Å². The summed E-state index contributed by atoms with van der Waals surface area (Å²) in [4.78, 5) is 11.8.